The van der Waals surface area contributed by atoms with Gasteiger partial charge < -0.3 is 0 Å². The second-order valence-electron chi connectivity index (χ2n) is 4.18. The number of benzene rings is 1. The summed E-state index contributed by atoms with van der Waals surface area (Å²) in [6, 6.07) is 7.14. The summed E-state index contributed by atoms with van der Waals surface area (Å²) in [5, 5.41) is 0. The summed E-state index contributed by atoms with van der Waals surface area (Å²) < 4.78 is 26.6. The lowest BCUT2D eigenvalue weighted by Gasteiger charge is -2.21. The number of hydrogen-bond acceptors (Lipinski definition) is 2. The minimum Gasteiger partial charge on any atom is -0.207 e. The van der Waals surface area contributed by atoms with Crippen LogP contribution in [0.1, 0.15) is 25.3 Å². The summed E-state index contributed by atoms with van der Waals surface area (Å²) >= 11 is 5.80. The summed E-state index contributed by atoms with van der Waals surface area (Å²) in [5.74, 6) is 0.220. The Hall–Kier alpha value is -0.580. The van der Waals surface area contributed by atoms with Gasteiger partial charge in [-0.3, -0.25) is 0 Å². The van der Waals surface area contributed by atoms with Gasteiger partial charge in [-0.1, -0.05) is 25.1 Å². The van der Waals surface area contributed by atoms with Crippen molar-refractivity contribution in [3.8, 4) is 0 Å². The second-order valence-corrected chi connectivity index (χ2v) is 6.31. The first-order valence-electron chi connectivity index (χ1n) is 5.77. The van der Waals surface area contributed by atoms with Crippen LogP contribution in [0.15, 0.2) is 29.2 Å². The lowest BCUT2D eigenvalue weighted by atomic mass is 10.2. The van der Waals surface area contributed by atoms with Crippen LogP contribution in [0.2, 0.25) is 0 Å². The van der Waals surface area contributed by atoms with Gasteiger partial charge in [0.1, 0.15) is 0 Å². The van der Waals surface area contributed by atoms with Crippen LogP contribution in [0, 0.1) is 0 Å². The van der Waals surface area contributed by atoms with Gasteiger partial charge in [0, 0.05) is 18.5 Å². The Morgan fingerprint density at radius 2 is 2.00 bits per heavy atom. The molecule has 0 radical (unpaired) electrons. The molecule has 1 aromatic rings. The van der Waals surface area contributed by atoms with E-state index in [0.717, 1.165) is 12.8 Å². The number of nitrogens with zero attached hydrogens (tertiary/aromatic N) is 1. The number of sulfonamides is 1. The van der Waals surface area contributed by atoms with Crippen LogP contribution in [0.4, 0.5) is 0 Å². The quantitative estimate of drug-likeness (QED) is 0.774. The molecule has 94 valence electrons. The molecule has 0 atom stereocenters. The normalized spacial score (nSPS) is 16.4. The lowest BCUT2D eigenvalue weighted by Crippen LogP contribution is -2.33. The molecule has 0 aromatic heterocycles. The highest BCUT2D eigenvalue weighted by atomic mass is 35.5. The molecule has 17 heavy (non-hydrogen) atoms. The van der Waals surface area contributed by atoms with Crippen LogP contribution in [-0.2, 0) is 15.9 Å². The van der Waals surface area contributed by atoms with Crippen LogP contribution in [-0.4, -0.2) is 25.3 Å². The summed E-state index contributed by atoms with van der Waals surface area (Å²) in [4.78, 5) is 0.351. The van der Waals surface area contributed by atoms with E-state index in [0.29, 0.717) is 17.0 Å². The molecule has 3 nitrogen and oxygen atoms in total. The minimum atomic E-state index is -3.38. The van der Waals surface area contributed by atoms with Crippen LogP contribution in [0.3, 0.4) is 0 Å². The first-order valence-corrected chi connectivity index (χ1v) is 7.74. The van der Waals surface area contributed by atoms with Gasteiger partial charge in [-0.05, 0) is 24.5 Å². The number of rotatable bonds is 5. The molecule has 1 aromatic carbocycles. The van der Waals surface area contributed by atoms with Crippen LogP contribution < -0.4 is 0 Å². The van der Waals surface area contributed by atoms with Crippen molar-refractivity contribution in [1.82, 2.24) is 4.31 Å². The third-order valence-electron chi connectivity index (χ3n) is 2.97. The van der Waals surface area contributed by atoms with Crippen molar-refractivity contribution in [1.29, 1.82) is 0 Å². The van der Waals surface area contributed by atoms with Crippen molar-refractivity contribution in [3.05, 3.63) is 29.8 Å². The van der Waals surface area contributed by atoms with Gasteiger partial charge in [-0.25, -0.2) is 8.42 Å². The topological polar surface area (TPSA) is 37.4 Å². The standard InChI is InChI=1S/C12H16ClNO2S/c1-2-14(11-7-8-11)17(15,16)12-6-4-3-5-10(12)9-13/h3-6,11H,2,7-9H2,1H3. The van der Waals surface area contributed by atoms with Crippen molar-refractivity contribution >= 4 is 21.6 Å². The summed E-state index contributed by atoms with van der Waals surface area (Å²) in [6.45, 7) is 2.39. The van der Waals surface area contributed by atoms with E-state index < -0.39 is 10.0 Å². The van der Waals surface area contributed by atoms with Crippen molar-refractivity contribution in [2.45, 2.75) is 36.6 Å². The highest BCUT2D eigenvalue weighted by Crippen LogP contribution is 2.32. The predicted octanol–water partition coefficient (Wildman–Crippen LogP) is 2.60. The van der Waals surface area contributed by atoms with E-state index in [9.17, 15) is 8.42 Å². The van der Waals surface area contributed by atoms with E-state index in [1.165, 1.54) is 0 Å². The summed E-state index contributed by atoms with van der Waals surface area (Å²) in [6.07, 6.45) is 1.94. The van der Waals surface area contributed by atoms with Crippen molar-refractivity contribution in [2.24, 2.45) is 0 Å². The van der Waals surface area contributed by atoms with Gasteiger partial charge >= 0.3 is 0 Å². The maximum Gasteiger partial charge on any atom is 0.243 e. The average Bonchev–Trinajstić information content (AvgIpc) is 3.14. The maximum absolute atomic E-state index is 12.5. The number of halogens is 1. The molecule has 5 heteroatoms. The molecule has 0 heterocycles. The smallest absolute Gasteiger partial charge is 0.207 e. The number of hydrogen-bond donors (Lipinski definition) is 0. The first kappa shape index (κ1) is 12.9. The Morgan fingerprint density at radius 3 is 2.53 bits per heavy atom. The Labute approximate surface area is 107 Å². The van der Waals surface area contributed by atoms with Gasteiger partial charge in [0.05, 0.1) is 4.90 Å². The fourth-order valence-electron chi connectivity index (χ4n) is 1.98. The molecule has 2 rings (SSSR count). The molecule has 1 saturated carbocycles. The van der Waals surface area contributed by atoms with E-state index >= 15 is 0 Å². The molecule has 0 unspecified atom stereocenters. The van der Waals surface area contributed by atoms with Crippen LogP contribution >= 0.6 is 11.6 Å². The fourth-order valence-corrected chi connectivity index (χ4v) is 4.21. The molecule has 1 aliphatic carbocycles. The molecule has 1 fully saturated rings. The second kappa shape index (κ2) is 4.96. The minimum absolute atomic E-state index is 0.188. The van der Waals surface area contributed by atoms with Crippen molar-refractivity contribution in [2.75, 3.05) is 6.54 Å². The van der Waals surface area contributed by atoms with Crippen LogP contribution in [0.5, 0.6) is 0 Å². The molecule has 0 N–H and O–H groups in total. The van der Waals surface area contributed by atoms with E-state index in [-0.39, 0.29) is 11.9 Å². The zero-order valence-corrected chi connectivity index (χ0v) is 11.3. The fraction of sp³-hybridized carbons (Fsp3) is 0.500. The lowest BCUT2D eigenvalue weighted by molar-refractivity contribution is 0.420. The Kier molecular flexibility index (Phi) is 3.76. The Bertz CT molecular complexity index is 497. The number of alkyl halides is 1. The van der Waals surface area contributed by atoms with Gasteiger partial charge in [0.2, 0.25) is 10.0 Å². The third-order valence-corrected chi connectivity index (χ3v) is 5.38. The van der Waals surface area contributed by atoms with Crippen LogP contribution in [0.25, 0.3) is 0 Å². The predicted molar refractivity (Wildman–Crippen MR) is 68.6 cm³/mol. The highest BCUT2D eigenvalue weighted by molar-refractivity contribution is 7.89. The molecule has 0 bridgehead atoms. The molecule has 0 spiro atoms. The van der Waals surface area contributed by atoms with Crippen molar-refractivity contribution in [3.63, 3.8) is 0 Å². The zero-order valence-electron chi connectivity index (χ0n) is 9.77. The monoisotopic (exact) mass is 273 g/mol. The van der Waals surface area contributed by atoms with E-state index in [4.69, 9.17) is 11.6 Å². The van der Waals surface area contributed by atoms with Gasteiger partial charge in [-0.2, -0.15) is 4.31 Å². The third kappa shape index (κ3) is 2.49. The molecule has 0 aliphatic heterocycles. The Balaban J connectivity index is 2.42. The largest absolute Gasteiger partial charge is 0.243 e. The van der Waals surface area contributed by atoms with Crippen molar-refractivity contribution < 1.29 is 8.42 Å². The van der Waals surface area contributed by atoms with Gasteiger partial charge in [-0.15, -0.1) is 11.6 Å². The zero-order chi connectivity index (χ0) is 12.5. The molecular formula is C12H16ClNO2S. The highest BCUT2D eigenvalue weighted by Gasteiger charge is 2.37. The SMILES string of the molecule is CCN(C1CC1)S(=O)(=O)c1ccccc1CCl. The van der Waals surface area contributed by atoms with E-state index in [1.807, 2.05) is 13.0 Å². The maximum atomic E-state index is 12.5. The van der Waals surface area contributed by atoms with E-state index in [2.05, 4.69) is 0 Å². The molecule has 0 amide bonds. The molecular weight excluding hydrogens is 258 g/mol. The summed E-state index contributed by atoms with van der Waals surface area (Å²) in [5.41, 5.74) is 0.674. The van der Waals surface area contributed by atoms with E-state index in [1.54, 1.807) is 22.5 Å². The molecule has 1 aliphatic rings. The summed E-state index contributed by atoms with van der Waals surface area (Å²) in [7, 11) is -3.38. The molecule has 0 saturated heterocycles. The Morgan fingerprint density at radius 1 is 1.35 bits per heavy atom. The van der Waals surface area contributed by atoms with Gasteiger partial charge in [0.25, 0.3) is 0 Å². The first-order chi connectivity index (χ1) is 8.11. The van der Waals surface area contributed by atoms with Gasteiger partial charge in [0.15, 0.2) is 0 Å². The average molecular weight is 274 g/mol.